The van der Waals surface area contributed by atoms with E-state index >= 15 is 0 Å². The van der Waals surface area contributed by atoms with E-state index in [4.69, 9.17) is 0 Å². The maximum Gasteiger partial charge on any atom is 0.220 e. The van der Waals surface area contributed by atoms with Gasteiger partial charge in [0.05, 0.1) is 0 Å². The van der Waals surface area contributed by atoms with Crippen LogP contribution in [0.15, 0.2) is 30.5 Å². The highest BCUT2D eigenvalue weighted by molar-refractivity contribution is 5.77. The van der Waals surface area contributed by atoms with E-state index in [9.17, 15) is 4.79 Å². The van der Waals surface area contributed by atoms with Crippen LogP contribution in [0.5, 0.6) is 0 Å². The molecule has 130 valence electrons. The molecule has 2 aliphatic rings. The first-order valence-electron chi connectivity index (χ1n) is 9.24. The molecule has 1 amide bonds. The molecule has 0 saturated heterocycles. The highest BCUT2D eigenvalue weighted by Crippen LogP contribution is 2.35. The molecule has 1 aliphatic carbocycles. The lowest BCUT2D eigenvalue weighted by atomic mass is 9.95. The van der Waals surface area contributed by atoms with Crippen molar-refractivity contribution in [3.63, 3.8) is 0 Å². The van der Waals surface area contributed by atoms with Crippen LogP contribution in [-0.4, -0.2) is 17.4 Å². The Bertz CT molecular complexity index is 800. The molecule has 2 aromatic rings. The highest BCUT2D eigenvalue weighted by atomic mass is 16.1. The van der Waals surface area contributed by atoms with Crippen molar-refractivity contribution in [3.05, 3.63) is 64.0 Å². The van der Waals surface area contributed by atoms with E-state index in [-0.39, 0.29) is 5.91 Å². The second-order valence-corrected chi connectivity index (χ2v) is 7.17. The van der Waals surface area contributed by atoms with Gasteiger partial charge in [0.25, 0.3) is 0 Å². The number of hydrogen-bond donors (Lipinski definition) is 2. The molecule has 4 nitrogen and oxygen atoms in total. The number of nitrogens with zero attached hydrogens (tertiary/aromatic N) is 1. The molecular weight excluding hydrogens is 310 g/mol. The SMILES string of the molecule is Cc1ncc2c(c1CNC(=O)C[C@H]1CCc3ccccc31)CCNC2. The van der Waals surface area contributed by atoms with E-state index in [1.54, 1.807) is 0 Å². The second-order valence-electron chi connectivity index (χ2n) is 7.17. The molecule has 2 heterocycles. The maximum absolute atomic E-state index is 12.5. The Morgan fingerprint density at radius 2 is 2.16 bits per heavy atom. The molecule has 4 heteroatoms. The van der Waals surface area contributed by atoms with Crippen LogP contribution in [0.2, 0.25) is 0 Å². The molecule has 0 spiro atoms. The van der Waals surface area contributed by atoms with Gasteiger partial charge in [0.1, 0.15) is 0 Å². The van der Waals surface area contributed by atoms with E-state index in [1.165, 1.54) is 27.8 Å². The van der Waals surface area contributed by atoms with Gasteiger partial charge >= 0.3 is 0 Å². The Hall–Kier alpha value is -2.20. The standard InChI is InChI=1S/C21H25N3O/c1-14-20(19-8-9-22-11-17(19)12-23-14)13-24-21(25)10-16-7-6-15-4-2-3-5-18(15)16/h2-5,12,16,22H,6-11,13H2,1H3,(H,24,25)/t16-/m1/s1. The maximum atomic E-state index is 12.5. The van der Waals surface area contributed by atoms with E-state index in [2.05, 4.69) is 39.9 Å². The van der Waals surface area contributed by atoms with Crippen LogP contribution in [-0.2, 0) is 30.7 Å². The summed E-state index contributed by atoms with van der Waals surface area (Å²) in [6.45, 7) is 4.50. The van der Waals surface area contributed by atoms with Gasteiger partial charge in [-0.05, 0) is 66.5 Å². The minimum Gasteiger partial charge on any atom is -0.352 e. The van der Waals surface area contributed by atoms with Gasteiger partial charge in [0.2, 0.25) is 5.91 Å². The van der Waals surface area contributed by atoms with Crippen molar-refractivity contribution < 1.29 is 4.79 Å². The third-order valence-corrected chi connectivity index (χ3v) is 5.62. The average molecular weight is 335 g/mol. The second kappa shape index (κ2) is 6.96. The average Bonchev–Trinajstić information content (AvgIpc) is 3.04. The summed E-state index contributed by atoms with van der Waals surface area (Å²) >= 11 is 0. The fourth-order valence-electron chi connectivity index (χ4n) is 4.22. The number of aromatic nitrogens is 1. The van der Waals surface area contributed by atoms with Crippen molar-refractivity contribution >= 4 is 5.91 Å². The number of benzene rings is 1. The summed E-state index contributed by atoms with van der Waals surface area (Å²) in [7, 11) is 0. The first-order chi connectivity index (χ1) is 12.2. The summed E-state index contributed by atoms with van der Waals surface area (Å²) in [5, 5.41) is 6.53. The fraction of sp³-hybridized carbons (Fsp3) is 0.429. The van der Waals surface area contributed by atoms with E-state index in [0.29, 0.717) is 18.9 Å². The topological polar surface area (TPSA) is 54.0 Å². The molecule has 0 saturated carbocycles. The Balaban J connectivity index is 1.42. The van der Waals surface area contributed by atoms with Gasteiger partial charge in [0.15, 0.2) is 0 Å². The normalized spacial score (nSPS) is 18.5. The zero-order chi connectivity index (χ0) is 17.2. The molecule has 0 unspecified atom stereocenters. The third-order valence-electron chi connectivity index (χ3n) is 5.62. The number of amides is 1. The van der Waals surface area contributed by atoms with Gasteiger partial charge in [-0.15, -0.1) is 0 Å². The molecular formula is C21H25N3O. The summed E-state index contributed by atoms with van der Waals surface area (Å²) in [6.07, 6.45) is 5.74. The van der Waals surface area contributed by atoms with Crippen LogP contribution < -0.4 is 10.6 Å². The Morgan fingerprint density at radius 3 is 3.08 bits per heavy atom. The summed E-state index contributed by atoms with van der Waals surface area (Å²) in [4.78, 5) is 17.0. The zero-order valence-electron chi connectivity index (χ0n) is 14.8. The lowest BCUT2D eigenvalue weighted by molar-refractivity contribution is -0.121. The van der Waals surface area contributed by atoms with Crippen LogP contribution in [0.1, 0.15) is 52.3 Å². The van der Waals surface area contributed by atoms with Crippen molar-refractivity contribution in [1.29, 1.82) is 0 Å². The molecule has 1 atom stereocenters. The number of nitrogens with one attached hydrogen (secondary N) is 2. The predicted octanol–water partition coefficient (Wildman–Crippen LogP) is 2.77. The predicted molar refractivity (Wildman–Crippen MR) is 98.4 cm³/mol. The molecule has 25 heavy (non-hydrogen) atoms. The van der Waals surface area contributed by atoms with Crippen molar-refractivity contribution in [2.75, 3.05) is 6.54 Å². The highest BCUT2D eigenvalue weighted by Gasteiger charge is 2.24. The quantitative estimate of drug-likeness (QED) is 0.903. The van der Waals surface area contributed by atoms with Gasteiger partial charge in [-0.3, -0.25) is 9.78 Å². The lowest BCUT2D eigenvalue weighted by Crippen LogP contribution is -2.29. The Morgan fingerprint density at radius 1 is 1.28 bits per heavy atom. The summed E-state index contributed by atoms with van der Waals surface area (Å²) in [6, 6.07) is 8.53. The van der Waals surface area contributed by atoms with Gasteiger partial charge in [-0.1, -0.05) is 24.3 Å². The number of carbonyl (C=O) groups is 1. The minimum absolute atomic E-state index is 0.146. The number of pyridine rings is 1. The van der Waals surface area contributed by atoms with Crippen molar-refractivity contribution in [2.45, 2.75) is 51.6 Å². The van der Waals surface area contributed by atoms with Gasteiger partial charge < -0.3 is 10.6 Å². The molecule has 2 N–H and O–H groups in total. The largest absolute Gasteiger partial charge is 0.352 e. The Labute approximate surface area is 149 Å². The summed E-state index contributed by atoms with van der Waals surface area (Å²) < 4.78 is 0. The smallest absolute Gasteiger partial charge is 0.220 e. The van der Waals surface area contributed by atoms with Crippen LogP contribution in [0, 0.1) is 6.92 Å². The van der Waals surface area contributed by atoms with Crippen LogP contribution in [0.4, 0.5) is 0 Å². The fourth-order valence-corrected chi connectivity index (χ4v) is 4.22. The summed E-state index contributed by atoms with van der Waals surface area (Å²) in [5.74, 6) is 0.511. The van der Waals surface area contributed by atoms with Gasteiger partial charge in [0, 0.05) is 31.4 Å². The third kappa shape index (κ3) is 3.31. The minimum atomic E-state index is 0.146. The lowest BCUT2D eigenvalue weighted by Gasteiger charge is -2.22. The van der Waals surface area contributed by atoms with E-state index < -0.39 is 0 Å². The van der Waals surface area contributed by atoms with E-state index in [1.807, 2.05) is 13.1 Å². The Kier molecular flexibility index (Phi) is 4.53. The molecule has 0 fully saturated rings. The molecule has 1 aromatic carbocycles. The van der Waals surface area contributed by atoms with E-state index in [0.717, 1.165) is 38.0 Å². The molecule has 1 aromatic heterocycles. The van der Waals surface area contributed by atoms with Crippen LogP contribution in [0.25, 0.3) is 0 Å². The van der Waals surface area contributed by atoms with Crippen molar-refractivity contribution in [2.24, 2.45) is 0 Å². The zero-order valence-corrected chi connectivity index (χ0v) is 14.8. The number of carbonyl (C=O) groups excluding carboxylic acids is 1. The molecule has 0 bridgehead atoms. The molecule has 1 aliphatic heterocycles. The summed E-state index contributed by atoms with van der Waals surface area (Å²) in [5.41, 5.74) is 7.65. The number of aryl methyl sites for hydroxylation is 2. The van der Waals surface area contributed by atoms with Crippen LogP contribution in [0.3, 0.4) is 0 Å². The van der Waals surface area contributed by atoms with Crippen molar-refractivity contribution in [1.82, 2.24) is 15.6 Å². The van der Waals surface area contributed by atoms with Gasteiger partial charge in [-0.2, -0.15) is 0 Å². The first-order valence-corrected chi connectivity index (χ1v) is 9.24. The number of fused-ring (bicyclic) bond motifs is 2. The molecule has 0 radical (unpaired) electrons. The number of hydrogen-bond acceptors (Lipinski definition) is 3. The van der Waals surface area contributed by atoms with Crippen molar-refractivity contribution in [3.8, 4) is 0 Å². The monoisotopic (exact) mass is 335 g/mol. The van der Waals surface area contributed by atoms with Gasteiger partial charge in [-0.25, -0.2) is 0 Å². The van der Waals surface area contributed by atoms with Crippen LogP contribution >= 0.6 is 0 Å². The number of rotatable bonds is 4. The first kappa shape index (κ1) is 16.3. The molecule has 4 rings (SSSR count).